The molecule has 0 saturated heterocycles. The fourth-order valence-electron chi connectivity index (χ4n) is 6.06. The lowest BCUT2D eigenvalue weighted by atomic mass is 10.0. The normalized spacial score (nSPS) is 13.8. The van der Waals surface area contributed by atoms with Crippen LogP contribution in [-0.4, -0.2) is 49.9 Å². The summed E-state index contributed by atoms with van der Waals surface area (Å²) >= 11 is 0. The third-order valence-corrected chi connectivity index (χ3v) is 10.3. The van der Waals surface area contributed by atoms with Crippen LogP contribution in [0.15, 0.2) is 36.5 Å². The molecule has 0 bridgehead atoms. The first-order valence-electron chi connectivity index (χ1n) is 22.0. The molecule has 2 unspecified atom stereocenters. The van der Waals surface area contributed by atoms with Crippen molar-refractivity contribution in [2.75, 3.05) is 33.0 Å². The SMILES string of the molecule is CCCCC/C=C\C/C=C\C/C=C\CCCCCCCCCOCC(COP(=O)(O)OCCN)OC(=O)CCCCCCCCCCCCCCCC. The molecule has 312 valence electrons. The zero-order chi connectivity index (χ0) is 38.8. The van der Waals surface area contributed by atoms with Crippen LogP contribution < -0.4 is 5.73 Å². The number of unbranched alkanes of at least 4 members (excludes halogenated alkanes) is 23. The van der Waals surface area contributed by atoms with Gasteiger partial charge in [-0.25, -0.2) is 4.57 Å². The first-order chi connectivity index (χ1) is 25.9. The molecule has 0 radical (unpaired) electrons. The Hall–Kier alpha value is -1.28. The maximum Gasteiger partial charge on any atom is 0.472 e. The summed E-state index contributed by atoms with van der Waals surface area (Å²) in [5.74, 6) is -0.333. The van der Waals surface area contributed by atoms with Crippen LogP contribution in [0.1, 0.15) is 200 Å². The van der Waals surface area contributed by atoms with Crippen LogP contribution in [0.3, 0.4) is 0 Å². The van der Waals surface area contributed by atoms with Crippen LogP contribution in [0.4, 0.5) is 0 Å². The summed E-state index contributed by atoms with van der Waals surface area (Å²) in [5.41, 5.74) is 5.37. The van der Waals surface area contributed by atoms with E-state index in [1.54, 1.807) is 0 Å². The molecule has 0 aromatic carbocycles. The molecule has 0 heterocycles. The number of allylic oxidation sites excluding steroid dienone is 6. The molecule has 0 aromatic rings. The molecule has 0 aliphatic carbocycles. The van der Waals surface area contributed by atoms with Crippen molar-refractivity contribution in [3.8, 4) is 0 Å². The summed E-state index contributed by atoms with van der Waals surface area (Å²) in [6, 6.07) is 0. The number of phosphoric ester groups is 1. The predicted octanol–water partition coefficient (Wildman–Crippen LogP) is 13.0. The van der Waals surface area contributed by atoms with Crippen molar-refractivity contribution >= 4 is 13.8 Å². The van der Waals surface area contributed by atoms with E-state index in [1.165, 1.54) is 128 Å². The van der Waals surface area contributed by atoms with Gasteiger partial charge in [0.15, 0.2) is 0 Å². The van der Waals surface area contributed by atoms with E-state index in [0.29, 0.717) is 13.0 Å². The van der Waals surface area contributed by atoms with Gasteiger partial charge in [-0.05, 0) is 51.4 Å². The first kappa shape index (κ1) is 51.7. The molecule has 0 rings (SSSR count). The van der Waals surface area contributed by atoms with Crippen molar-refractivity contribution in [3.63, 3.8) is 0 Å². The average molecular weight is 770 g/mol. The Morgan fingerprint density at radius 3 is 1.53 bits per heavy atom. The predicted molar refractivity (Wildman–Crippen MR) is 224 cm³/mol. The van der Waals surface area contributed by atoms with Gasteiger partial charge in [0.25, 0.3) is 0 Å². The van der Waals surface area contributed by atoms with Gasteiger partial charge in [-0.1, -0.05) is 179 Å². The molecule has 0 aromatic heterocycles. The fourth-order valence-corrected chi connectivity index (χ4v) is 6.83. The van der Waals surface area contributed by atoms with Crippen LogP contribution in [0.5, 0.6) is 0 Å². The topological polar surface area (TPSA) is 117 Å². The summed E-state index contributed by atoms with van der Waals surface area (Å²) in [4.78, 5) is 22.5. The van der Waals surface area contributed by atoms with Crippen LogP contribution >= 0.6 is 7.82 Å². The van der Waals surface area contributed by atoms with E-state index < -0.39 is 13.9 Å². The highest BCUT2D eigenvalue weighted by Crippen LogP contribution is 2.43. The molecule has 0 fully saturated rings. The Labute approximate surface area is 327 Å². The standard InChI is InChI=1S/C44H84NO7P/c1-3-5-7-9-11-13-15-17-19-20-21-22-23-24-26-28-30-32-34-36-39-49-41-43(42-51-53(47,48)50-40-38-45)52-44(46)37-35-33-31-29-27-25-18-16-14-12-10-8-6-4-2/h11,13,17,19,21-22,43H,3-10,12,14-16,18,20,23-42,45H2,1-2H3,(H,47,48)/b13-11-,19-17-,22-21-. The van der Waals surface area contributed by atoms with E-state index in [-0.39, 0.29) is 32.3 Å². The minimum absolute atomic E-state index is 0.0967. The number of carbonyl (C=O) groups excluding carboxylic acids is 1. The maximum absolute atomic E-state index is 12.6. The molecule has 2 atom stereocenters. The highest BCUT2D eigenvalue weighted by atomic mass is 31.2. The smallest absolute Gasteiger partial charge is 0.457 e. The summed E-state index contributed by atoms with van der Waals surface area (Å²) in [5, 5.41) is 0. The van der Waals surface area contributed by atoms with Gasteiger partial charge in [-0.15, -0.1) is 0 Å². The molecule has 0 aliphatic rings. The summed E-state index contributed by atoms with van der Waals surface area (Å²) < 4.78 is 33.4. The number of hydrogen-bond donors (Lipinski definition) is 2. The van der Waals surface area contributed by atoms with Gasteiger partial charge in [-0.2, -0.15) is 0 Å². The zero-order valence-electron chi connectivity index (χ0n) is 34.5. The van der Waals surface area contributed by atoms with E-state index in [4.69, 9.17) is 24.3 Å². The lowest BCUT2D eigenvalue weighted by molar-refractivity contribution is -0.154. The first-order valence-corrected chi connectivity index (χ1v) is 23.5. The third-order valence-electron chi connectivity index (χ3n) is 9.31. The van der Waals surface area contributed by atoms with Gasteiger partial charge in [-0.3, -0.25) is 13.8 Å². The number of phosphoric acid groups is 1. The largest absolute Gasteiger partial charge is 0.472 e. The third kappa shape index (κ3) is 41.7. The van der Waals surface area contributed by atoms with Crippen molar-refractivity contribution in [1.29, 1.82) is 0 Å². The summed E-state index contributed by atoms with van der Waals surface area (Å²) in [7, 11) is -4.28. The molecule has 9 heteroatoms. The van der Waals surface area contributed by atoms with Crippen molar-refractivity contribution in [2.24, 2.45) is 5.73 Å². The molecule has 8 nitrogen and oxygen atoms in total. The lowest BCUT2D eigenvalue weighted by Crippen LogP contribution is -2.28. The monoisotopic (exact) mass is 770 g/mol. The second-order valence-electron chi connectivity index (χ2n) is 14.6. The van der Waals surface area contributed by atoms with Crippen molar-refractivity contribution in [2.45, 2.75) is 206 Å². The van der Waals surface area contributed by atoms with Crippen molar-refractivity contribution < 1.29 is 32.8 Å². The second kappa shape index (κ2) is 41.9. The number of hydrogen-bond acceptors (Lipinski definition) is 7. The number of rotatable bonds is 42. The summed E-state index contributed by atoms with van der Waals surface area (Å²) in [6.07, 6.45) is 47.3. The zero-order valence-corrected chi connectivity index (χ0v) is 35.4. The molecule has 0 amide bonds. The highest BCUT2D eigenvalue weighted by Gasteiger charge is 2.25. The van der Waals surface area contributed by atoms with E-state index in [9.17, 15) is 14.3 Å². The van der Waals surface area contributed by atoms with Gasteiger partial charge in [0.2, 0.25) is 0 Å². The maximum atomic E-state index is 12.6. The van der Waals surface area contributed by atoms with Crippen molar-refractivity contribution in [3.05, 3.63) is 36.5 Å². The van der Waals surface area contributed by atoms with Crippen LogP contribution in [0.25, 0.3) is 0 Å². The molecular formula is C44H84NO7P. The van der Waals surface area contributed by atoms with Crippen LogP contribution in [-0.2, 0) is 27.9 Å². The van der Waals surface area contributed by atoms with Crippen LogP contribution in [0.2, 0.25) is 0 Å². The van der Waals surface area contributed by atoms with Gasteiger partial charge in [0, 0.05) is 19.6 Å². The Morgan fingerprint density at radius 2 is 1.00 bits per heavy atom. The lowest BCUT2D eigenvalue weighted by Gasteiger charge is -2.20. The Kier molecular flexibility index (Phi) is 40.9. The van der Waals surface area contributed by atoms with E-state index >= 15 is 0 Å². The van der Waals surface area contributed by atoms with E-state index in [2.05, 4.69) is 50.3 Å². The number of ether oxygens (including phenoxy) is 2. The number of carbonyl (C=O) groups is 1. The van der Waals surface area contributed by atoms with E-state index in [0.717, 1.165) is 51.4 Å². The van der Waals surface area contributed by atoms with Crippen LogP contribution in [0, 0.1) is 0 Å². The van der Waals surface area contributed by atoms with Crippen molar-refractivity contribution in [1.82, 2.24) is 0 Å². The molecule has 0 saturated carbocycles. The second-order valence-corrected chi connectivity index (χ2v) is 16.0. The quantitative estimate of drug-likeness (QED) is 0.0273. The molecular weight excluding hydrogens is 685 g/mol. The fraction of sp³-hybridized carbons (Fsp3) is 0.841. The number of esters is 1. The highest BCUT2D eigenvalue weighted by molar-refractivity contribution is 7.47. The Balaban J connectivity index is 4.02. The average Bonchev–Trinajstić information content (AvgIpc) is 3.15. The molecule has 0 spiro atoms. The van der Waals surface area contributed by atoms with Gasteiger partial charge in [0.05, 0.1) is 19.8 Å². The Bertz CT molecular complexity index is 910. The molecule has 53 heavy (non-hydrogen) atoms. The van der Waals surface area contributed by atoms with Gasteiger partial charge in [0.1, 0.15) is 6.10 Å². The molecule has 0 aliphatic heterocycles. The van der Waals surface area contributed by atoms with E-state index in [1.807, 2.05) is 0 Å². The minimum atomic E-state index is -4.28. The van der Waals surface area contributed by atoms with Gasteiger partial charge < -0.3 is 20.1 Å². The van der Waals surface area contributed by atoms with Gasteiger partial charge >= 0.3 is 13.8 Å². The number of nitrogens with two attached hydrogens (primary N) is 1. The Morgan fingerprint density at radius 1 is 0.566 bits per heavy atom. The minimum Gasteiger partial charge on any atom is -0.457 e. The molecule has 3 N–H and O–H groups in total. The summed E-state index contributed by atoms with van der Waals surface area (Å²) in [6.45, 7) is 4.89.